The molecule has 0 atom stereocenters. The second-order valence-electron chi connectivity index (χ2n) is 5.73. The van der Waals surface area contributed by atoms with Crippen LogP contribution >= 0.6 is 0 Å². The zero-order valence-corrected chi connectivity index (χ0v) is 14.2. The minimum absolute atomic E-state index is 0.149. The summed E-state index contributed by atoms with van der Waals surface area (Å²) in [6.45, 7) is 3.65. The number of nitrogens with zero attached hydrogens (tertiary/aromatic N) is 1. The van der Waals surface area contributed by atoms with E-state index in [2.05, 4.69) is 60.4 Å². The molecule has 23 heavy (non-hydrogen) atoms. The number of rotatable bonds is 6. The molecule has 0 amide bonds. The Bertz CT molecular complexity index is 756. The molecule has 122 valence electrons. The summed E-state index contributed by atoms with van der Waals surface area (Å²) in [5.74, 6) is 0. The fraction of sp³-hybridized carbons (Fsp3) is 0.333. The molecule has 0 spiro atoms. The van der Waals surface area contributed by atoms with Crippen molar-refractivity contribution in [2.45, 2.75) is 13.0 Å². The lowest BCUT2D eigenvalue weighted by atomic mass is 10.0. The topological polar surface area (TPSA) is 46.6 Å². The van der Waals surface area contributed by atoms with Crippen molar-refractivity contribution in [1.82, 2.24) is 4.90 Å². The largest absolute Gasteiger partial charge is 0.290 e. The van der Waals surface area contributed by atoms with Crippen molar-refractivity contribution in [2.75, 3.05) is 26.0 Å². The summed E-state index contributed by atoms with van der Waals surface area (Å²) in [5.41, 5.74) is 5.07. The predicted molar refractivity (Wildman–Crippen MR) is 91.8 cm³/mol. The molecular formula is C18H21NO3S. The Labute approximate surface area is 137 Å². The second-order valence-corrected chi connectivity index (χ2v) is 7.38. The van der Waals surface area contributed by atoms with Crippen LogP contribution in [0, 0.1) is 0 Å². The third-order valence-corrected chi connectivity index (χ3v) is 4.84. The van der Waals surface area contributed by atoms with Gasteiger partial charge in [0.05, 0.1) is 18.9 Å². The van der Waals surface area contributed by atoms with E-state index in [0.717, 1.165) is 12.8 Å². The van der Waals surface area contributed by atoms with Crippen LogP contribution in [0.5, 0.6) is 0 Å². The van der Waals surface area contributed by atoms with Crippen molar-refractivity contribution >= 4 is 10.1 Å². The molecule has 4 nitrogen and oxygen atoms in total. The standard InChI is InChI=1S/C18H21NO3S/c1-3-19(12-13-22-23(2,20)21)18-16-10-6-4-8-14(16)15-9-5-7-11-17(15)18/h4-11,18H,3,12-13H2,1-2H3. The predicted octanol–water partition coefficient (Wildman–Crippen LogP) is 3.05. The first-order valence-electron chi connectivity index (χ1n) is 7.78. The molecule has 3 rings (SSSR count). The minimum Gasteiger partial charge on any atom is -0.290 e. The van der Waals surface area contributed by atoms with Gasteiger partial charge in [-0.25, -0.2) is 0 Å². The lowest BCUT2D eigenvalue weighted by molar-refractivity contribution is 0.191. The fourth-order valence-electron chi connectivity index (χ4n) is 3.30. The molecule has 0 bridgehead atoms. The Morgan fingerprint density at radius 2 is 1.52 bits per heavy atom. The summed E-state index contributed by atoms with van der Waals surface area (Å²) in [6, 6.07) is 17.0. The lowest BCUT2D eigenvalue weighted by Crippen LogP contribution is -2.32. The van der Waals surface area contributed by atoms with Crippen LogP contribution in [-0.2, 0) is 14.3 Å². The molecule has 1 aliphatic carbocycles. The number of benzene rings is 2. The maximum absolute atomic E-state index is 11.2. The van der Waals surface area contributed by atoms with Crippen molar-refractivity contribution < 1.29 is 12.6 Å². The molecular weight excluding hydrogens is 310 g/mol. The van der Waals surface area contributed by atoms with E-state index in [0.29, 0.717) is 6.54 Å². The highest BCUT2D eigenvalue weighted by atomic mass is 32.2. The van der Waals surface area contributed by atoms with Crippen molar-refractivity contribution in [2.24, 2.45) is 0 Å². The van der Waals surface area contributed by atoms with Gasteiger partial charge in [0.25, 0.3) is 10.1 Å². The molecule has 2 aromatic rings. The molecule has 0 saturated heterocycles. The van der Waals surface area contributed by atoms with Crippen molar-refractivity contribution in [3.63, 3.8) is 0 Å². The van der Waals surface area contributed by atoms with Crippen LogP contribution in [0.2, 0.25) is 0 Å². The van der Waals surface area contributed by atoms with Gasteiger partial charge < -0.3 is 0 Å². The van der Waals surface area contributed by atoms with E-state index in [4.69, 9.17) is 4.18 Å². The van der Waals surface area contributed by atoms with Crippen molar-refractivity contribution in [1.29, 1.82) is 0 Å². The zero-order chi connectivity index (χ0) is 16.4. The van der Waals surface area contributed by atoms with Crippen LogP contribution in [0.4, 0.5) is 0 Å². The Balaban J connectivity index is 1.91. The summed E-state index contributed by atoms with van der Waals surface area (Å²) in [5, 5.41) is 0. The lowest BCUT2D eigenvalue weighted by Gasteiger charge is -2.29. The van der Waals surface area contributed by atoms with E-state index in [1.54, 1.807) is 0 Å². The van der Waals surface area contributed by atoms with Gasteiger partial charge in [-0.2, -0.15) is 8.42 Å². The quantitative estimate of drug-likeness (QED) is 0.763. The smallest absolute Gasteiger partial charge is 0.264 e. The van der Waals surface area contributed by atoms with Crippen LogP contribution in [0.1, 0.15) is 24.1 Å². The molecule has 0 saturated carbocycles. The summed E-state index contributed by atoms with van der Waals surface area (Å²) < 4.78 is 27.3. The number of hydrogen-bond donors (Lipinski definition) is 0. The van der Waals surface area contributed by atoms with Gasteiger partial charge in [-0.1, -0.05) is 55.5 Å². The average Bonchev–Trinajstić information content (AvgIpc) is 2.85. The van der Waals surface area contributed by atoms with Gasteiger partial charge in [0.2, 0.25) is 0 Å². The van der Waals surface area contributed by atoms with Crippen LogP contribution in [0.25, 0.3) is 11.1 Å². The van der Waals surface area contributed by atoms with E-state index in [9.17, 15) is 8.42 Å². The zero-order valence-electron chi connectivity index (χ0n) is 13.4. The second kappa shape index (κ2) is 6.43. The summed E-state index contributed by atoms with van der Waals surface area (Å²) >= 11 is 0. The number of likely N-dealkylation sites (N-methyl/N-ethyl adjacent to an activating group) is 1. The molecule has 0 aromatic heterocycles. The van der Waals surface area contributed by atoms with Gasteiger partial charge >= 0.3 is 0 Å². The van der Waals surface area contributed by atoms with Crippen LogP contribution < -0.4 is 0 Å². The molecule has 2 aromatic carbocycles. The Kier molecular flexibility index (Phi) is 4.53. The van der Waals surface area contributed by atoms with Gasteiger partial charge in [-0.3, -0.25) is 9.08 Å². The number of fused-ring (bicyclic) bond motifs is 3. The molecule has 0 heterocycles. The molecule has 0 N–H and O–H groups in total. The van der Waals surface area contributed by atoms with E-state index in [-0.39, 0.29) is 12.6 Å². The first kappa shape index (κ1) is 16.2. The molecule has 0 aliphatic heterocycles. The average molecular weight is 331 g/mol. The van der Waals surface area contributed by atoms with Crippen molar-refractivity contribution in [3.8, 4) is 11.1 Å². The fourth-order valence-corrected chi connectivity index (χ4v) is 3.68. The van der Waals surface area contributed by atoms with Crippen LogP contribution in [-0.4, -0.2) is 39.3 Å². The van der Waals surface area contributed by atoms with Crippen molar-refractivity contribution in [3.05, 3.63) is 59.7 Å². The summed E-state index contributed by atoms with van der Waals surface area (Å²) in [7, 11) is -3.40. The Morgan fingerprint density at radius 3 is 2.00 bits per heavy atom. The highest BCUT2D eigenvalue weighted by Crippen LogP contribution is 2.45. The highest BCUT2D eigenvalue weighted by Gasteiger charge is 2.31. The van der Waals surface area contributed by atoms with E-state index in [1.165, 1.54) is 22.3 Å². The van der Waals surface area contributed by atoms with Gasteiger partial charge in [0, 0.05) is 6.54 Å². The maximum Gasteiger partial charge on any atom is 0.264 e. The third-order valence-electron chi connectivity index (χ3n) is 4.25. The van der Waals surface area contributed by atoms with E-state index < -0.39 is 10.1 Å². The first-order valence-corrected chi connectivity index (χ1v) is 9.59. The molecule has 0 radical (unpaired) electrons. The molecule has 0 fully saturated rings. The van der Waals surface area contributed by atoms with Gasteiger partial charge in [0.15, 0.2) is 0 Å². The Morgan fingerprint density at radius 1 is 1.00 bits per heavy atom. The highest BCUT2D eigenvalue weighted by molar-refractivity contribution is 7.85. The maximum atomic E-state index is 11.2. The molecule has 5 heteroatoms. The number of hydrogen-bond acceptors (Lipinski definition) is 4. The van der Waals surface area contributed by atoms with E-state index >= 15 is 0 Å². The van der Waals surface area contributed by atoms with Gasteiger partial charge in [0.1, 0.15) is 0 Å². The molecule has 0 unspecified atom stereocenters. The van der Waals surface area contributed by atoms with Crippen LogP contribution in [0.3, 0.4) is 0 Å². The van der Waals surface area contributed by atoms with Gasteiger partial charge in [-0.05, 0) is 28.8 Å². The van der Waals surface area contributed by atoms with E-state index in [1.807, 2.05) is 0 Å². The van der Waals surface area contributed by atoms with Crippen LogP contribution in [0.15, 0.2) is 48.5 Å². The third kappa shape index (κ3) is 3.32. The first-order chi connectivity index (χ1) is 11.0. The minimum atomic E-state index is -3.40. The summed E-state index contributed by atoms with van der Waals surface area (Å²) in [4.78, 5) is 2.26. The normalized spacial score (nSPS) is 14.0. The van der Waals surface area contributed by atoms with Gasteiger partial charge in [-0.15, -0.1) is 0 Å². The molecule has 1 aliphatic rings. The summed E-state index contributed by atoms with van der Waals surface area (Å²) in [6.07, 6.45) is 1.09. The Hall–Kier alpha value is -1.69. The SMILES string of the molecule is CCN(CCOS(C)(=O)=O)C1c2ccccc2-c2ccccc21. The monoisotopic (exact) mass is 331 g/mol.